The molecule has 0 bridgehead atoms. The van der Waals surface area contributed by atoms with E-state index in [9.17, 15) is 8.78 Å². The predicted molar refractivity (Wildman–Crippen MR) is 69.1 cm³/mol. The summed E-state index contributed by atoms with van der Waals surface area (Å²) in [6, 6.07) is 0. The standard InChI is InChI=1S/C15H26F2O/c1-3-10-4-6-11(7-5-10)12-8-9-13(18-2)15(17)14(12)16/h10-15H,3-9H2,1-2H3. The van der Waals surface area contributed by atoms with Crippen LogP contribution in [0.2, 0.25) is 0 Å². The highest BCUT2D eigenvalue weighted by atomic mass is 19.2. The molecule has 1 nitrogen and oxygen atoms in total. The van der Waals surface area contributed by atoms with Crippen molar-refractivity contribution >= 4 is 0 Å². The average Bonchev–Trinajstić information content (AvgIpc) is 2.42. The summed E-state index contributed by atoms with van der Waals surface area (Å²) in [4.78, 5) is 0. The highest BCUT2D eigenvalue weighted by molar-refractivity contribution is 4.92. The molecule has 2 fully saturated rings. The molecule has 0 aliphatic heterocycles. The van der Waals surface area contributed by atoms with Crippen molar-refractivity contribution in [3.8, 4) is 0 Å². The number of ether oxygens (including phenoxy) is 1. The minimum Gasteiger partial charge on any atom is -0.378 e. The lowest BCUT2D eigenvalue weighted by atomic mass is 9.69. The van der Waals surface area contributed by atoms with Gasteiger partial charge in [-0.25, -0.2) is 8.78 Å². The van der Waals surface area contributed by atoms with Crippen LogP contribution in [-0.2, 0) is 4.74 Å². The Bertz CT molecular complexity index is 251. The molecule has 0 heterocycles. The first kappa shape index (κ1) is 14.2. The summed E-state index contributed by atoms with van der Waals surface area (Å²) in [6.07, 6.45) is 4.03. The quantitative estimate of drug-likeness (QED) is 0.735. The molecule has 3 heteroatoms. The zero-order valence-corrected chi connectivity index (χ0v) is 11.6. The van der Waals surface area contributed by atoms with Gasteiger partial charge in [-0.1, -0.05) is 26.2 Å². The van der Waals surface area contributed by atoms with Crippen LogP contribution >= 0.6 is 0 Å². The van der Waals surface area contributed by atoms with Crippen molar-refractivity contribution in [1.29, 1.82) is 0 Å². The van der Waals surface area contributed by atoms with Gasteiger partial charge in [-0.15, -0.1) is 0 Å². The van der Waals surface area contributed by atoms with E-state index in [0.717, 1.165) is 25.2 Å². The molecule has 0 aromatic heterocycles. The molecular weight excluding hydrogens is 234 g/mol. The second-order valence-corrected chi connectivity index (χ2v) is 6.09. The van der Waals surface area contributed by atoms with E-state index in [2.05, 4.69) is 6.92 Å². The van der Waals surface area contributed by atoms with Crippen molar-refractivity contribution in [1.82, 2.24) is 0 Å². The molecule has 18 heavy (non-hydrogen) atoms. The Morgan fingerprint density at radius 3 is 2.17 bits per heavy atom. The molecule has 0 N–H and O–H groups in total. The van der Waals surface area contributed by atoms with Crippen LogP contribution in [0.15, 0.2) is 0 Å². The van der Waals surface area contributed by atoms with E-state index < -0.39 is 18.4 Å². The van der Waals surface area contributed by atoms with Gasteiger partial charge in [-0.2, -0.15) is 0 Å². The lowest BCUT2D eigenvalue weighted by Gasteiger charge is -2.40. The van der Waals surface area contributed by atoms with Crippen LogP contribution in [0, 0.1) is 17.8 Å². The summed E-state index contributed by atoms with van der Waals surface area (Å²) in [5.74, 6) is 1.15. The molecular formula is C15H26F2O. The summed E-state index contributed by atoms with van der Waals surface area (Å²) in [7, 11) is 1.48. The summed E-state index contributed by atoms with van der Waals surface area (Å²) < 4.78 is 33.1. The number of hydrogen-bond donors (Lipinski definition) is 0. The zero-order valence-electron chi connectivity index (χ0n) is 11.6. The van der Waals surface area contributed by atoms with Crippen LogP contribution in [-0.4, -0.2) is 25.6 Å². The Morgan fingerprint density at radius 1 is 0.944 bits per heavy atom. The molecule has 4 atom stereocenters. The molecule has 0 spiro atoms. The molecule has 0 radical (unpaired) electrons. The van der Waals surface area contributed by atoms with Gasteiger partial charge in [0, 0.05) is 7.11 Å². The predicted octanol–water partition coefficient (Wildman–Crippen LogP) is 4.30. The third-order valence-corrected chi connectivity index (χ3v) is 5.23. The second-order valence-electron chi connectivity index (χ2n) is 6.09. The summed E-state index contributed by atoms with van der Waals surface area (Å²) in [6.45, 7) is 2.23. The van der Waals surface area contributed by atoms with Crippen LogP contribution in [0.5, 0.6) is 0 Å². The average molecular weight is 260 g/mol. The smallest absolute Gasteiger partial charge is 0.157 e. The van der Waals surface area contributed by atoms with Crippen LogP contribution in [0.3, 0.4) is 0 Å². The molecule has 2 aliphatic rings. The van der Waals surface area contributed by atoms with Crippen LogP contribution in [0.25, 0.3) is 0 Å². The fourth-order valence-electron chi connectivity index (χ4n) is 3.88. The van der Waals surface area contributed by atoms with Gasteiger partial charge in [0.15, 0.2) is 6.17 Å². The molecule has 0 saturated heterocycles. The lowest BCUT2D eigenvalue weighted by molar-refractivity contribution is -0.0720. The topological polar surface area (TPSA) is 9.23 Å². The number of hydrogen-bond acceptors (Lipinski definition) is 1. The minimum atomic E-state index is -1.42. The van der Waals surface area contributed by atoms with Gasteiger partial charge in [0.1, 0.15) is 6.17 Å². The van der Waals surface area contributed by atoms with Crippen LogP contribution in [0.1, 0.15) is 51.9 Å². The van der Waals surface area contributed by atoms with E-state index in [1.165, 1.54) is 26.4 Å². The first-order valence-corrected chi connectivity index (χ1v) is 7.48. The lowest BCUT2D eigenvalue weighted by Crippen LogP contribution is -2.45. The molecule has 2 rings (SSSR count). The fraction of sp³-hybridized carbons (Fsp3) is 1.00. The summed E-state index contributed by atoms with van der Waals surface area (Å²) >= 11 is 0. The van der Waals surface area contributed by atoms with E-state index in [0.29, 0.717) is 12.3 Å². The Morgan fingerprint density at radius 2 is 1.61 bits per heavy atom. The number of methoxy groups -OCH3 is 1. The number of alkyl halides is 2. The first-order valence-electron chi connectivity index (χ1n) is 7.48. The van der Waals surface area contributed by atoms with E-state index in [4.69, 9.17) is 4.74 Å². The van der Waals surface area contributed by atoms with Crippen molar-refractivity contribution in [3.63, 3.8) is 0 Å². The fourth-order valence-corrected chi connectivity index (χ4v) is 3.88. The highest BCUT2D eigenvalue weighted by Gasteiger charge is 2.44. The van der Waals surface area contributed by atoms with Gasteiger partial charge < -0.3 is 4.74 Å². The largest absolute Gasteiger partial charge is 0.378 e. The van der Waals surface area contributed by atoms with Crippen LogP contribution < -0.4 is 0 Å². The van der Waals surface area contributed by atoms with E-state index in [1.54, 1.807) is 0 Å². The van der Waals surface area contributed by atoms with Gasteiger partial charge in [0.2, 0.25) is 0 Å². The van der Waals surface area contributed by atoms with Gasteiger partial charge in [-0.3, -0.25) is 0 Å². The van der Waals surface area contributed by atoms with E-state index in [1.807, 2.05) is 0 Å². The third-order valence-electron chi connectivity index (χ3n) is 5.23. The summed E-state index contributed by atoms with van der Waals surface area (Å²) in [5.41, 5.74) is 0. The monoisotopic (exact) mass is 260 g/mol. The van der Waals surface area contributed by atoms with Gasteiger partial charge in [0.05, 0.1) is 6.10 Å². The zero-order chi connectivity index (χ0) is 13.1. The molecule has 0 aromatic carbocycles. The molecule has 0 amide bonds. The Hall–Kier alpha value is -0.180. The second kappa shape index (κ2) is 6.31. The third kappa shape index (κ3) is 2.87. The van der Waals surface area contributed by atoms with Crippen molar-refractivity contribution in [3.05, 3.63) is 0 Å². The van der Waals surface area contributed by atoms with E-state index >= 15 is 0 Å². The normalized spacial score (nSPS) is 46.0. The van der Waals surface area contributed by atoms with Gasteiger partial charge >= 0.3 is 0 Å². The highest BCUT2D eigenvalue weighted by Crippen LogP contribution is 2.43. The van der Waals surface area contributed by atoms with Crippen LogP contribution in [0.4, 0.5) is 8.78 Å². The first-order chi connectivity index (χ1) is 8.67. The molecule has 106 valence electrons. The molecule has 4 unspecified atom stereocenters. The SMILES string of the molecule is CCC1CCC(C2CCC(OC)C(F)C2F)CC1. The Kier molecular flexibility index (Phi) is 4.99. The van der Waals surface area contributed by atoms with E-state index in [-0.39, 0.29) is 5.92 Å². The van der Waals surface area contributed by atoms with Gasteiger partial charge in [0.25, 0.3) is 0 Å². The maximum atomic E-state index is 14.2. The maximum absolute atomic E-state index is 14.2. The Labute approximate surface area is 109 Å². The number of halogens is 2. The van der Waals surface area contributed by atoms with Crippen molar-refractivity contribution in [2.75, 3.05) is 7.11 Å². The molecule has 2 aliphatic carbocycles. The number of rotatable bonds is 3. The van der Waals surface area contributed by atoms with Crippen molar-refractivity contribution < 1.29 is 13.5 Å². The van der Waals surface area contributed by atoms with Crippen molar-refractivity contribution in [2.24, 2.45) is 17.8 Å². The maximum Gasteiger partial charge on any atom is 0.157 e. The summed E-state index contributed by atoms with van der Waals surface area (Å²) in [5, 5.41) is 0. The molecule has 2 saturated carbocycles. The molecule has 0 aromatic rings. The van der Waals surface area contributed by atoms with Crippen molar-refractivity contribution in [2.45, 2.75) is 70.3 Å². The minimum absolute atomic E-state index is 0.0655. The Balaban J connectivity index is 1.90. The van der Waals surface area contributed by atoms with Gasteiger partial charge in [-0.05, 0) is 43.4 Å².